The van der Waals surface area contributed by atoms with Crippen LogP contribution in [0.5, 0.6) is 0 Å². The van der Waals surface area contributed by atoms with Crippen molar-refractivity contribution in [2.45, 2.75) is 0 Å². The Morgan fingerprint density at radius 2 is 0.579 bits per heavy atom. The van der Waals surface area contributed by atoms with Gasteiger partial charge in [-0.1, -0.05) is 176 Å². The third kappa shape index (κ3) is 5.67. The Morgan fingerprint density at radius 3 is 0.965 bits per heavy atom. The molecule has 0 aromatic heterocycles. The molecular formula is C54H37BN2. The van der Waals surface area contributed by atoms with Crippen molar-refractivity contribution >= 4 is 57.2 Å². The summed E-state index contributed by atoms with van der Waals surface area (Å²) >= 11 is 0. The van der Waals surface area contributed by atoms with Crippen molar-refractivity contribution in [2.75, 3.05) is 9.80 Å². The molecule has 3 heteroatoms. The molecule has 0 aliphatic carbocycles. The Hall–Kier alpha value is -7.36. The van der Waals surface area contributed by atoms with Crippen LogP contribution in [0.1, 0.15) is 0 Å². The predicted octanol–water partition coefficient (Wildman–Crippen LogP) is 12.4. The van der Waals surface area contributed by atoms with Gasteiger partial charge < -0.3 is 9.80 Å². The van der Waals surface area contributed by atoms with Crippen molar-refractivity contribution in [1.82, 2.24) is 0 Å². The van der Waals surface area contributed by atoms with E-state index in [1.54, 1.807) is 0 Å². The van der Waals surface area contributed by atoms with Gasteiger partial charge in [-0.25, -0.2) is 0 Å². The molecule has 0 saturated heterocycles. The number of fused-ring (bicyclic) bond motifs is 4. The molecule has 2 aliphatic rings. The average Bonchev–Trinajstić information content (AvgIpc) is 3.30. The Bertz CT molecular complexity index is 2710. The van der Waals surface area contributed by atoms with Crippen LogP contribution >= 0.6 is 0 Å². The number of hydrogen-bond donors (Lipinski definition) is 0. The van der Waals surface area contributed by atoms with Crippen LogP contribution in [0.4, 0.5) is 34.1 Å². The van der Waals surface area contributed by atoms with Crippen molar-refractivity contribution in [3.8, 4) is 44.5 Å². The van der Waals surface area contributed by atoms with E-state index in [4.69, 9.17) is 0 Å². The summed E-state index contributed by atoms with van der Waals surface area (Å²) in [5, 5.41) is 0. The zero-order valence-corrected chi connectivity index (χ0v) is 31.3. The van der Waals surface area contributed by atoms with Crippen LogP contribution in [-0.4, -0.2) is 6.71 Å². The first-order chi connectivity index (χ1) is 28.3. The van der Waals surface area contributed by atoms with E-state index in [1.807, 2.05) is 0 Å². The van der Waals surface area contributed by atoms with E-state index < -0.39 is 0 Å². The van der Waals surface area contributed by atoms with Gasteiger partial charge in [0.1, 0.15) is 0 Å². The molecule has 9 aromatic carbocycles. The van der Waals surface area contributed by atoms with Crippen LogP contribution in [0, 0.1) is 0 Å². The van der Waals surface area contributed by atoms with Gasteiger partial charge in [-0.3, -0.25) is 0 Å². The zero-order chi connectivity index (χ0) is 37.7. The van der Waals surface area contributed by atoms with Crippen molar-refractivity contribution in [1.29, 1.82) is 0 Å². The summed E-state index contributed by atoms with van der Waals surface area (Å²) in [4.78, 5) is 4.99. The summed E-state index contributed by atoms with van der Waals surface area (Å²) in [5.74, 6) is 0. The minimum Gasteiger partial charge on any atom is -0.311 e. The minimum absolute atomic E-state index is 0.00404. The molecule has 0 fully saturated rings. The highest BCUT2D eigenvalue weighted by atomic mass is 15.2. The zero-order valence-electron chi connectivity index (χ0n) is 31.3. The van der Waals surface area contributed by atoms with Crippen LogP contribution in [-0.2, 0) is 0 Å². The SMILES string of the molecule is c1ccc(-c2cccc(N3c4ccc(-c5ccccc5)cc4B4c5cc(-c6ccccc6)ccc5N(c5cccc(-c6ccccc6)c5)c5cccc3c54)c2)cc1. The lowest BCUT2D eigenvalue weighted by atomic mass is 9.33. The molecule has 0 bridgehead atoms. The molecule has 0 amide bonds. The summed E-state index contributed by atoms with van der Waals surface area (Å²) < 4.78 is 0. The third-order valence-corrected chi connectivity index (χ3v) is 11.6. The molecule has 0 N–H and O–H groups in total. The van der Waals surface area contributed by atoms with Crippen LogP contribution in [0.15, 0.2) is 224 Å². The summed E-state index contributed by atoms with van der Waals surface area (Å²) in [6.45, 7) is -0.00404. The van der Waals surface area contributed by atoms with E-state index in [1.165, 1.54) is 83.6 Å². The van der Waals surface area contributed by atoms with E-state index in [9.17, 15) is 0 Å². The highest BCUT2D eigenvalue weighted by molar-refractivity contribution is 7.00. The second-order valence-electron chi connectivity index (χ2n) is 14.9. The number of hydrogen-bond acceptors (Lipinski definition) is 2. The molecule has 2 heterocycles. The van der Waals surface area contributed by atoms with Gasteiger partial charge in [0.15, 0.2) is 0 Å². The fourth-order valence-corrected chi connectivity index (χ4v) is 9.03. The number of anilines is 6. The minimum atomic E-state index is -0.00404. The average molecular weight is 725 g/mol. The van der Waals surface area contributed by atoms with Gasteiger partial charge in [0.05, 0.1) is 0 Å². The van der Waals surface area contributed by atoms with Gasteiger partial charge in [-0.05, 0) is 109 Å². The van der Waals surface area contributed by atoms with Crippen LogP contribution in [0.2, 0.25) is 0 Å². The molecule has 57 heavy (non-hydrogen) atoms. The molecular weight excluding hydrogens is 687 g/mol. The van der Waals surface area contributed by atoms with Crippen molar-refractivity contribution in [2.24, 2.45) is 0 Å². The number of benzene rings is 9. The summed E-state index contributed by atoms with van der Waals surface area (Å²) in [6, 6.07) is 82.1. The van der Waals surface area contributed by atoms with Crippen molar-refractivity contribution in [3.05, 3.63) is 224 Å². The summed E-state index contributed by atoms with van der Waals surface area (Å²) in [7, 11) is 0. The summed E-state index contributed by atoms with van der Waals surface area (Å²) in [6.07, 6.45) is 0. The lowest BCUT2D eigenvalue weighted by Crippen LogP contribution is -2.61. The quantitative estimate of drug-likeness (QED) is 0.158. The second kappa shape index (κ2) is 13.7. The summed E-state index contributed by atoms with van der Waals surface area (Å²) in [5.41, 5.74) is 20.6. The Labute approximate surface area is 334 Å². The molecule has 2 aliphatic heterocycles. The van der Waals surface area contributed by atoms with E-state index in [-0.39, 0.29) is 6.71 Å². The topological polar surface area (TPSA) is 6.48 Å². The normalized spacial score (nSPS) is 12.5. The first-order valence-corrected chi connectivity index (χ1v) is 19.7. The molecule has 0 atom stereocenters. The van der Waals surface area contributed by atoms with Crippen molar-refractivity contribution in [3.63, 3.8) is 0 Å². The van der Waals surface area contributed by atoms with E-state index >= 15 is 0 Å². The van der Waals surface area contributed by atoms with E-state index in [2.05, 4.69) is 234 Å². The maximum absolute atomic E-state index is 2.50. The highest BCUT2D eigenvalue weighted by Gasteiger charge is 2.43. The Balaban J connectivity index is 1.19. The first kappa shape index (κ1) is 33.0. The fourth-order valence-electron chi connectivity index (χ4n) is 9.03. The van der Waals surface area contributed by atoms with Gasteiger partial charge in [-0.2, -0.15) is 0 Å². The second-order valence-corrected chi connectivity index (χ2v) is 14.9. The van der Waals surface area contributed by atoms with Crippen LogP contribution in [0.25, 0.3) is 44.5 Å². The van der Waals surface area contributed by atoms with Gasteiger partial charge in [0.25, 0.3) is 6.71 Å². The molecule has 2 nitrogen and oxygen atoms in total. The highest BCUT2D eigenvalue weighted by Crippen LogP contribution is 2.45. The molecule has 9 aromatic rings. The molecule has 11 rings (SSSR count). The van der Waals surface area contributed by atoms with E-state index in [0.29, 0.717) is 0 Å². The molecule has 0 radical (unpaired) electrons. The predicted molar refractivity (Wildman–Crippen MR) is 242 cm³/mol. The fraction of sp³-hybridized carbons (Fsp3) is 0. The van der Waals surface area contributed by atoms with Crippen LogP contribution in [0.3, 0.4) is 0 Å². The maximum atomic E-state index is 2.50. The lowest BCUT2D eigenvalue weighted by molar-refractivity contribution is 1.25. The molecule has 0 unspecified atom stereocenters. The third-order valence-electron chi connectivity index (χ3n) is 11.6. The lowest BCUT2D eigenvalue weighted by Gasteiger charge is -2.44. The Kier molecular flexibility index (Phi) is 7.96. The number of rotatable bonds is 6. The van der Waals surface area contributed by atoms with Gasteiger partial charge in [0, 0.05) is 34.1 Å². The van der Waals surface area contributed by atoms with Gasteiger partial charge in [-0.15, -0.1) is 0 Å². The molecule has 0 spiro atoms. The Morgan fingerprint density at radius 1 is 0.246 bits per heavy atom. The largest absolute Gasteiger partial charge is 0.311 e. The number of nitrogens with zero attached hydrogens (tertiary/aromatic N) is 2. The molecule has 0 saturated carbocycles. The first-order valence-electron chi connectivity index (χ1n) is 19.7. The van der Waals surface area contributed by atoms with Crippen molar-refractivity contribution < 1.29 is 0 Å². The van der Waals surface area contributed by atoms with Crippen LogP contribution < -0.4 is 26.2 Å². The molecule has 266 valence electrons. The smallest absolute Gasteiger partial charge is 0.252 e. The van der Waals surface area contributed by atoms with E-state index in [0.717, 1.165) is 11.4 Å². The maximum Gasteiger partial charge on any atom is 0.252 e. The van der Waals surface area contributed by atoms with Gasteiger partial charge >= 0.3 is 0 Å². The van der Waals surface area contributed by atoms with Gasteiger partial charge in [0.2, 0.25) is 0 Å². The monoisotopic (exact) mass is 724 g/mol. The standard InChI is InChI=1S/C54H37BN2/c1-5-16-38(17-6-1)42-24-13-26-46(34-42)56-50-32-30-44(40-20-9-3-10-21-40)36-48(50)55-49-37-45(41-22-11-4-12-23-41)31-33-51(49)57(53-29-15-28-52(56)54(53)55)47-27-14-25-43(35-47)39-18-7-2-8-19-39/h1-37H.